The lowest BCUT2D eigenvalue weighted by Crippen LogP contribution is -2.04. The molecule has 0 saturated heterocycles. The monoisotopic (exact) mass is 166 g/mol. The zero-order valence-electron chi connectivity index (χ0n) is 5.40. The van der Waals surface area contributed by atoms with Crippen molar-refractivity contribution in [2.75, 3.05) is 7.11 Å². The second kappa shape index (κ2) is 8.28. The number of carbonyl (C=O) groups is 1. The van der Waals surface area contributed by atoms with Crippen molar-refractivity contribution in [2.45, 2.75) is 0 Å². The summed E-state index contributed by atoms with van der Waals surface area (Å²) >= 11 is -2.32. The molecule has 0 heterocycles. The molecule has 0 aliphatic heterocycles. The molecule has 1 amide bonds. The molecule has 0 radical (unpaired) electrons. The molecule has 1 unspecified atom stereocenters. The fraction of sp³-hybridized carbons (Fsp3) is 0.250. The van der Waals surface area contributed by atoms with Crippen molar-refractivity contribution in [3.05, 3.63) is 12.7 Å². The molecule has 2 N–H and O–H groups in total. The average molecular weight is 166 g/mol. The van der Waals surface area contributed by atoms with Crippen LogP contribution >= 0.6 is 0 Å². The van der Waals surface area contributed by atoms with Crippen LogP contribution in [0.1, 0.15) is 0 Å². The standard InChI is InChI=1S/C3H5NO.CH4O3S/c1-2-3(4)5;1-4-5(2)3/h2H,1H2,(H2,4,5);1H3,(H,2,3)/p-1. The summed E-state index contributed by atoms with van der Waals surface area (Å²) in [4.78, 5) is 9.47. The van der Waals surface area contributed by atoms with Gasteiger partial charge < -0.3 is 14.5 Å². The van der Waals surface area contributed by atoms with Crippen LogP contribution in [0, 0.1) is 0 Å². The maximum Gasteiger partial charge on any atom is 0.240 e. The van der Waals surface area contributed by atoms with Gasteiger partial charge in [-0.1, -0.05) is 6.58 Å². The number of hydrogen-bond acceptors (Lipinski definition) is 4. The zero-order valence-corrected chi connectivity index (χ0v) is 6.22. The Kier molecular flexibility index (Phi) is 9.94. The fourth-order valence-electron chi connectivity index (χ4n) is 0. The predicted molar refractivity (Wildman–Crippen MR) is 35.3 cm³/mol. The Hall–Kier alpha value is -0.720. The molecular formula is C4H8NO4S-. The van der Waals surface area contributed by atoms with E-state index in [1.54, 1.807) is 0 Å². The third-order valence-electron chi connectivity index (χ3n) is 0.337. The van der Waals surface area contributed by atoms with Crippen LogP contribution in [-0.4, -0.2) is 21.8 Å². The minimum absolute atomic E-state index is 0.481. The van der Waals surface area contributed by atoms with Gasteiger partial charge in [0.2, 0.25) is 5.91 Å². The van der Waals surface area contributed by atoms with Gasteiger partial charge in [-0.3, -0.25) is 4.79 Å². The summed E-state index contributed by atoms with van der Waals surface area (Å²) in [6, 6.07) is 0. The van der Waals surface area contributed by atoms with Gasteiger partial charge in [0.1, 0.15) is 0 Å². The molecule has 0 fully saturated rings. The highest BCUT2D eigenvalue weighted by atomic mass is 32.2. The second-order valence-electron chi connectivity index (χ2n) is 0.977. The van der Waals surface area contributed by atoms with Crippen LogP contribution in [0.2, 0.25) is 0 Å². The van der Waals surface area contributed by atoms with E-state index in [-0.39, 0.29) is 0 Å². The van der Waals surface area contributed by atoms with Gasteiger partial charge in [-0.2, -0.15) is 0 Å². The number of rotatable bonds is 2. The first kappa shape index (κ1) is 12.0. The van der Waals surface area contributed by atoms with E-state index in [4.69, 9.17) is 8.76 Å². The molecule has 0 saturated carbocycles. The van der Waals surface area contributed by atoms with E-state index in [2.05, 4.69) is 16.5 Å². The first-order valence-electron chi connectivity index (χ1n) is 2.10. The maximum atomic E-state index is 9.47. The minimum atomic E-state index is -2.32. The molecule has 0 aromatic rings. The Morgan fingerprint density at radius 2 is 2.10 bits per heavy atom. The summed E-state index contributed by atoms with van der Waals surface area (Å²) in [5.74, 6) is -0.481. The molecule has 60 valence electrons. The Balaban J connectivity index is 0. The number of carbonyl (C=O) groups excluding carboxylic acids is 1. The molecule has 0 bridgehead atoms. The SMILES string of the molecule is C=CC(N)=O.COS(=O)[O-]. The van der Waals surface area contributed by atoms with Crippen LogP contribution in [0.5, 0.6) is 0 Å². The molecule has 0 spiro atoms. The highest BCUT2D eigenvalue weighted by Crippen LogP contribution is 1.63. The van der Waals surface area contributed by atoms with Gasteiger partial charge >= 0.3 is 0 Å². The molecule has 1 atom stereocenters. The minimum Gasteiger partial charge on any atom is -0.750 e. The molecular weight excluding hydrogens is 158 g/mol. The number of hydrogen-bond donors (Lipinski definition) is 1. The summed E-state index contributed by atoms with van der Waals surface area (Å²) < 4.78 is 22.0. The van der Waals surface area contributed by atoms with Crippen molar-refractivity contribution in [3.63, 3.8) is 0 Å². The van der Waals surface area contributed by atoms with Crippen LogP contribution in [-0.2, 0) is 20.3 Å². The lowest BCUT2D eigenvalue weighted by Gasteiger charge is -1.94. The molecule has 5 nitrogen and oxygen atoms in total. The van der Waals surface area contributed by atoms with Crippen molar-refractivity contribution < 1.29 is 17.7 Å². The van der Waals surface area contributed by atoms with Gasteiger partial charge in [-0.25, -0.2) is 4.21 Å². The summed E-state index contributed by atoms with van der Waals surface area (Å²) in [5, 5.41) is 0. The highest BCUT2D eigenvalue weighted by Gasteiger charge is 1.69. The Morgan fingerprint density at radius 1 is 1.90 bits per heavy atom. The molecule has 0 aliphatic carbocycles. The lowest BCUT2D eigenvalue weighted by molar-refractivity contribution is -0.113. The predicted octanol–water partition coefficient (Wildman–Crippen LogP) is -0.915. The zero-order chi connectivity index (χ0) is 8.57. The first-order chi connectivity index (χ1) is 4.54. The van der Waals surface area contributed by atoms with Gasteiger partial charge in [-0.05, 0) is 6.08 Å². The van der Waals surface area contributed by atoms with Gasteiger partial charge in [0.05, 0.1) is 18.5 Å². The third kappa shape index (κ3) is 26.7. The average Bonchev–Trinajstić information content (AvgIpc) is 1.89. The van der Waals surface area contributed by atoms with Crippen molar-refractivity contribution in [1.82, 2.24) is 0 Å². The van der Waals surface area contributed by atoms with Crippen molar-refractivity contribution in [2.24, 2.45) is 5.73 Å². The van der Waals surface area contributed by atoms with E-state index in [1.807, 2.05) is 0 Å². The van der Waals surface area contributed by atoms with Crippen LogP contribution < -0.4 is 5.73 Å². The van der Waals surface area contributed by atoms with Gasteiger partial charge in [-0.15, -0.1) is 0 Å². The van der Waals surface area contributed by atoms with Crippen LogP contribution in [0.3, 0.4) is 0 Å². The van der Waals surface area contributed by atoms with Crippen LogP contribution in [0.4, 0.5) is 0 Å². The van der Waals surface area contributed by atoms with E-state index < -0.39 is 17.3 Å². The second-order valence-corrected chi connectivity index (χ2v) is 1.72. The van der Waals surface area contributed by atoms with Crippen LogP contribution in [0.15, 0.2) is 12.7 Å². The third-order valence-corrected chi connectivity index (χ3v) is 0.609. The smallest absolute Gasteiger partial charge is 0.240 e. The number of nitrogens with two attached hydrogens (primary N) is 1. The Labute approximate surface area is 61.4 Å². The van der Waals surface area contributed by atoms with Crippen molar-refractivity contribution >= 4 is 17.3 Å². The largest absolute Gasteiger partial charge is 0.750 e. The summed E-state index contributed by atoms with van der Waals surface area (Å²) in [7, 11) is 1.09. The first-order valence-corrected chi connectivity index (χ1v) is 3.10. The number of amides is 1. The van der Waals surface area contributed by atoms with Crippen molar-refractivity contribution in [3.8, 4) is 0 Å². The molecule has 0 aliphatic rings. The highest BCUT2D eigenvalue weighted by molar-refractivity contribution is 7.74. The topological polar surface area (TPSA) is 92.5 Å². The van der Waals surface area contributed by atoms with Gasteiger partial charge in [0.25, 0.3) is 0 Å². The van der Waals surface area contributed by atoms with E-state index in [9.17, 15) is 4.79 Å². The quantitative estimate of drug-likeness (QED) is 0.424. The molecule has 10 heavy (non-hydrogen) atoms. The lowest BCUT2D eigenvalue weighted by atomic mass is 10.6. The van der Waals surface area contributed by atoms with Gasteiger partial charge in [0, 0.05) is 0 Å². The van der Waals surface area contributed by atoms with Gasteiger partial charge in [0.15, 0.2) is 0 Å². The molecule has 0 aromatic carbocycles. The molecule has 0 rings (SSSR count). The Morgan fingerprint density at radius 3 is 2.10 bits per heavy atom. The Bertz CT molecular complexity index is 135. The van der Waals surface area contributed by atoms with E-state index in [0.29, 0.717) is 0 Å². The van der Waals surface area contributed by atoms with Crippen LogP contribution in [0.25, 0.3) is 0 Å². The van der Waals surface area contributed by atoms with Crippen molar-refractivity contribution in [1.29, 1.82) is 0 Å². The normalized spacial score (nSPS) is 10.6. The molecule has 0 aromatic heterocycles. The van der Waals surface area contributed by atoms with E-state index >= 15 is 0 Å². The molecule has 6 heteroatoms. The van der Waals surface area contributed by atoms with E-state index in [1.165, 1.54) is 0 Å². The summed E-state index contributed by atoms with van der Waals surface area (Å²) in [6.07, 6.45) is 1.06. The maximum absolute atomic E-state index is 9.47. The fourth-order valence-corrected chi connectivity index (χ4v) is 0. The summed E-state index contributed by atoms with van der Waals surface area (Å²) in [5.41, 5.74) is 4.53. The number of primary amides is 1. The summed E-state index contributed by atoms with van der Waals surface area (Å²) in [6.45, 7) is 3.09. The van der Waals surface area contributed by atoms with E-state index in [0.717, 1.165) is 13.2 Å².